The molecule has 0 unspecified atom stereocenters. The predicted octanol–water partition coefficient (Wildman–Crippen LogP) is 6.75. The van der Waals surface area contributed by atoms with E-state index in [2.05, 4.69) is 44.1 Å². The zero-order valence-corrected chi connectivity index (χ0v) is 27.0. The highest BCUT2D eigenvalue weighted by Gasteiger charge is 2.73. The molecule has 8 heteroatoms. The van der Waals surface area contributed by atoms with E-state index in [1.807, 2.05) is 79.7 Å². The van der Waals surface area contributed by atoms with Crippen molar-refractivity contribution in [2.75, 3.05) is 14.1 Å². The van der Waals surface area contributed by atoms with Crippen LogP contribution in [0.1, 0.15) is 76.5 Å². The molecule has 7 nitrogen and oxygen atoms in total. The second kappa shape index (κ2) is 11.0. The molecule has 1 aromatic heterocycles. The lowest BCUT2D eigenvalue weighted by Crippen LogP contribution is -2.72. The number of nitrogens with zero attached hydrogens (tertiary/aromatic N) is 2. The predicted molar refractivity (Wildman–Crippen MR) is 173 cm³/mol. The van der Waals surface area contributed by atoms with Gasteiger partial charge in [0.15, 0.2) is 17.1 Å². The molecule has 1 saturated carbocycles. The van der Waals surface area contributed by atoms with Crippen molar-refractivity contribution in [2.24, 2.45) is 11.8 Å². The third kappa shape index (κ3) is 4.29. The van der Waals surface area contributed by atoms with Crippen LogP contribution in [-0.4, -0.2) is 51.2 Å². The molecule has 7 atom stereocenters. The number of Topliss-reactive ketones (excluding diaryl/α,β-unsaturated/α-hetero) is 2. The molecule has 0 radical (unpaired) electrons. The van der Waals surface area contributed by atoms with Gasteiger partial charge in [-0.05, 0) is 78.8 Å². The molecule has 3 aliphatic rings. The standard InChI is InChI=1S/C37H38N2O5S/c1-21-13-12-18-26-22(2)27-19-28-31(39(4)5)32-30(34(38-44-32)43-20-24-14-8-6-9-15-24)33(40)36(28,42)35(41)37(27,23(3)29(21)26)45-25-16-10-7-11-17-25/h6-18,22-23,27-28,31,42H,19-20H2,1-5H3/t22-,23+,27-,28-,31-,36+,37-/m0/s1. The largest absolute Gasteiger partial charge is 0.470 e. The van der Waals surface area contributed by atoms with Crippen molar-refractivity contribution in [1.82, 2.24) is 10.1 Å². The molecule has 7 rings (SSSR count). The van der Waals surface area contributed by atoms with Gasteiger partial charge in [-0.15, -0.1) is 11.8 Å². The maximum Gasteiger partial charge on any atom is 0.265 e. The minimum Gasteiger partial charge on any atom is -0.470 e. The minimum absolute atomic E-state index is 0.00325. The minimum atomic E-state index is -2.30. The summed E-state index contributed by atoms with van der Waals surface area (Å²) in [6, 6.07) is 25.2. The number of aliphatic hydroxyl groups is 1. The fraction of sp³-hybridized carbons (Fsp3) is 0.378. The molecular weight excluding hydrogens is 584 g/mol. The Hall–Kier alpha value is -3.72. The van der Waals surface area contributed by atoms with Crippen LogP contribution >= 0.6 is 11.8 Å². The van der Waals surface area contributed by atoms with Crippen LogP contribution in [0.25, 0.3) is 0 Å². The van der Waals surface area contributed by atoms with Crippen molar-refractivity contribution in [3.05, 3.63) is 112 Å². The van der Waals surface area contributed by atoms with E-state index in [0.29, 0.717) is 12.2 Å². The van der Waals surface area contributed by atoms with Crippen molar-refractivity contribution in [1.29, 1.82) is 0 Å². The molecule has 45 heavy (non-hydrogen) atoms. The molecule has 0 aliphatic heterocycles. The Balaban J connectivity index is 1.40. The third-order valence-corrected chi connectivity index (χ3v) is 12.2. The normalized spacial score (nSPS) is 30.3. The summed E-state index contributed by atoms with van der Waals surface area (Å²) in [5.74, 6) is -1.91. The van der Waals surface area contributed by atoms with Gasteiger partial charge < -0.3 is 14.4 Å². The van der Waals surface area contributed by atoms with Crippen LogP contribution in [0.5, 0.6) is 5.88 Å². The monoisotopic (exact) mass is 622 g/mol. The van der Waals surface area contributed by atoms with Gasteiger partial charge in [0.1, 0.15) is 12.2 Å². The second-order valence-corrected chi connectivity index (χ2v) is 14.4. The number of carbonyl (C=O) groups excluding carboxylic acids is 2. The molecule has 0 spiro atoms. The van der Waals surface area contributed by atoms with Crippen LogP contribution in [0.4, 0.5) is 0 Å². The Labute approximate surface area is 268 Å². The van der Waals surface area contributed by atoms with E-state index in [0.717, 1.165) is 21.6 Å². The summed E-state index contributed by atoms with van der Waals surface area (Å²) < 4.78 is 10.8. The van der Waals surface area contributed by atoms with Crippen molar-refractivity contribution in [3.8, 4) is 5.88 Å². The van der Waals surface area contributed by atoms with Crippen LogP contribution in [-0.2, 0) is 11.4 Å². The number of hydrogen-bond donors (Lipinski definition) is 1. The highest BCUT2D eigenvalue weighted by Crippen LogP contribution is 2.66. The van der Waals surface area contributed by atoms with Crippen molar-refractivity contribution >= 4 is 23.3 Å². The van der Waals surface area contributed by atoms with E-state index in [1.165, 1.54) is 17.3 Å². The molecule has 1 fully saturated rings. The van der Waals surface area contributed by atoms with Gasteiger partial charge >= 0.3 is 0 Å². The van der Waals surface area contributed by atoms with E-state index in [4.69, 9.17) is 9.26 Å². The Bertz CT molecular complexity index is 1770. The number of aryl methyl sites for hydroxylation is 1. The van der Waals surface area contributed by atoms with E-state index in [9.17, 15) is 9.90 Å². The lowest BCUT2D eigenvalue weighted by molar-refractivity contribution is -0.155. The highest BCUT2D eigenvalue weighted by atomic mass is 32.2. The van der Waals surface area contributed by atoms with Gasteiger partial charge in [0.25, 0.3) is 5.88 Å². The summed E-state index contributed by atoms with van der Waals surface area (Å²) in [4.78, 5) is 33.1. The highest BCUT2D eigenvalue weighted by molar-refractivity contribution is 8.01. The van der Waals surface area contributed by atoms with E-state index in [1.54, 1.807) is 0 Å². The topological polar surface area (TPSA) is 92.9 Å². The van der Waals surface area contributed by atoms with E-state index < -0.39 is 33.9 Å². The number of benzene rings is 3. The number of carbonyl (C=O) groups is 2. The van der Waals surface area contributed by atoms with Crippen molar-refractivity contribution < 1.29 is 24.0 Å². The summed E-state index contributed by atoms with van der Waals surface area (Å²) in [7, 11) is 3.77. The van der Waals surface area contributed by atoms with Gasteiger partial charge in [-0.25, -0.2) is 0 Å². The van der Waals surface area contributed by atoms with Crippen molar-refractivity contribution in [2.45, 2.75) is 66.9 Å². The molecule has 4 aromatic rings. The average Bonchev–Trinajstić information content (AvgIpc) is 3.46. The Morgan fingerprint density at radius 3 is 2.36 bits per heavy atom. The molecule has 232 valence electrons. The smallest absolute Gasteiger partial charge is 0.265 e. The molecule has 0 amide bonds. The lowest BCUT2D eigenvalue weighted by Gasteiger charge is -2.60. The zero-order valence-electron chi connectivity index (χ0n) is 26.2. The molecule has 3 aliphatic carbocycles. The fourth-order valence-electron chi connectivity index (χ4n) is 8.48. The van der Waals surface area contributed by atoms with E-state index in [-0.39, 0.29) is 35.8 Å². The van der Waals surface area contributed by atoms with Gasteiger partial charge in [0, 0.05) is 16.7 Å². The summed E-state index contributed by atoms with van der Waals surface area (Å²) in [5.41, 5.74) is 2.13. The number of ketones is 2. The van der Waals surface area contributed by atoms with Gasteiger partial charge in [-0.3, -0.25) is 14.5 Å². The van der Waals surface area contributed by atoms with Gasteiger partial charge in [-0.1, -0.05) is 80.6 Å². The quantitative estimate of drug-likeness (QED) is 0.236. The van der Waals surface area contributed by atoms with Crippen LogP contribution in [0.15, 0.2) is 88.3 Å². The molecular formula is C37H38N2O5S. The molecule has 1 N–H and O–H groups in total. The average molecular weight is 623 g/mol. The first kappa shape index (κ1) is 30.0. The lowest BCUT2D eigenvalue weighted by atomic mass is 9.49. The van der Waals surface area contributed by atoms with E-state index >= 15 is 4.79 Å². The van der Waals surface area contributed by atoms with Crippen molar-refractivity contribution in [3.63, 3.8) is 0 Å². The number of rotatable bonds is 6. The SMILES string of the molecule is Cc1cccc2c1[C@@H](C)[C@@]1(Sc3ccccc3)C(=O)[C@]3(O)C(=O)c4c(OCc5ccccc5)noc4[C@@H](N(C)C)[C@@H]3C[C@H]1[C@H]2C. The number of aromatic nitrogens is 1. The Morgan fingerprint density at radius 2 is 1.67 bits per heavy atom. The first-order chi connectivity index (χ1) is 21.6. The number of fused-ring (bicyclic) bond motifs is 4. The zero-order chi connectivity index (χ0) is 31.7. The van der Waals surface area contributed by atoms with Crippen LogP contribution < -0.4 is 4.74 Å². The van der Waals surface area contributed by atoms with Crippen LogP contribution in [0.2, 0.25) is 0 Å². The van der Waals surface area contributed by atoms with Gasteiger partial charge in [0.2, 0.25) is 5.78 Å². The molecule has 1 heterocycles. The molecule has 3 aromatic carbocycles. The maximum atomic E-state index is 15.5. The number of hydrogen-bond acceptors (Lipinski definition) is 8. The Kier molecular flexibility index (Phi) is 7.30. The second-order valence-electron chi connectivity index (χ2n) is 13.1. The first-order valence-corrected chi connectivity index (χ1v) is 16.4. The molecule has 0 bridgehead atoms. The summed E-state index contributed by atoms with van der Waals surface area (Å²) in [6.45, 7) is 6.54. The maximum absolute atomic E-state index is 15.5. The first-order valence-electron chi connectivity index (χ1n) is 15.6. The molecule has 0 saturated heterocycles. The summed E-state index contributed by atoms with van der Waals surface area (Å²) in [6.07, 6.45) is 0.454. The summed E-state index contributed by atoms with van der Waals surface area (Å²) in [5, 5.41) is 17.0. The van der Waals surface area contributed by atoms with Crippen LogP contribution in [0, 0.1) is 18.8 Å². The number of ether oxygens (including phenoxy) is 1. The van der Waals surface area contributed by atoms with Crippen LogP contribution in [0.3, 0.4) is 0 Å². The third-order valence-electron chi connectivity index (χ3n) is 10.5. The number of thioether (sulfide) groups is 1. The van der Waals surface area contributed by atoms with Gasteiger partial charge in [-0.2, -0.15) is 0 Å². The van der Waals surface area contributed by atoms with Gasteiger partial charge in [0.05, 0.1) is 10.8 Å². The summed E-state index contributed by atoms with van der Waals surface area (Å²) >= 11 is 1.50. The Morgan fingerprint density at radius 1 is 0.978 bits per heavy atom. The fourth-order valence-corrected chi connectivity index (χ4v) is 10.2.